The first-order valence-electron chi connectivity index (χ1n) is 13.1. The molecule has 4 nitrogen and oxygen atoms in total. The van der Waals surface area contributed by atoms with Gasteiger partial charge in [-0.2, -0.15) is 0 Å². The van der Waals surface area contributed by atoms with Gasteiger partial charge in [0, 0.05) is 12.8 Å². The lowest BCUT2D eigenvalue weighted by Crippen LogP contribution is -2.44. The van der Waals surface area contributed by atoms with E-state index in [2.05, 4.69) is 64.2 Å². The summed E-state index contributed by atoms with van der Waals surface area (Å²) in [5.41, 5.74) is 1.22. The van der Waals surface area contributed by atoms with Gasteiger partial charge in [0.2, 0.25) is 0 Å². The molecule has 0 radical (unpaired) electrons. The summed E-state index contributed by atoms with van der Waals surface area (Å²) in [6, 6.07) is 0. The van der Waals surface area contributed by atoms with Crippen molar-refractivity contribution in [2.45, 2.75) is 96.7 Å². The van der Waals surface area contributed by atoms with E-state index in [0.29, 0.717) is 12.8 Å². The zero-order valence-electron chi connectivity index (χ0n) is 20.8. The van der Waals surface area contributed by atoms with E-state index in [9.17, 15) is 9.59 Å². The standard InChI is InChI=1S/C29H40O4/c1-5-20-11-9-15-28(7-3,18-20)32-26(30)24-22-13-14-23(17-22)25(24)27(31)33-29(8-4)16-10-12-21(6-2)19-29/h9-12,18-19,22-25H,5-8,13-17H2,1-4H3. The molecule has 0 saturated heterocycles. The van der Waals surface area contributed by atoms with E-state index in [-0.39, 0.29) is 35.6 Å². The lowest BCUT2D eigenvalue weighted by Gasteiger charge is -2.37. The number of carbonyl (C=O) groups excluding carboxylic acids is 2. The second kappa shape index (κ2) is 9.64. The zero-order valence-corrected chi connectivity index (χ0v) is 20.8. The summed E-state index contributed by atoms with van der Waals surface area (Å²) in [5, 5.41) is 0. The summed E-state index contributed by atoms with van der Waals surface area (Å²) < 4.78 is 12.5. The van der Waals surface area contributed by atoms with Gasteiger partial charge in [-0.1, -0.05) is 52.0 Å². The monoisotopic (exact) mass is 452 g/mol. The SMILES string of the molecule is CCC1=CC(CC)(OC(=O)C2C3CCC(C3)C2C(=O)OC2(CC)C=C(CC)C=CC2)CC=C1. The van der Waals surface area contributed by atoms with Crippen molar-refractivity contribution in [1.29, 1.82) is 0 Å². The number of rotatable bonds is 8. The number of hydrogen-bond donors (Lipinski definition) is 0. The van der Waals surface area contributed by atoms with Crippen LogP contribution in [0.2, 0.25) is 0 Å². The van der Waals surface area contributed by atoms with E-state index in [0.717, 1.165) is 44.9 Å². The van der Waals surface area contributed by atoms with Crippen molar-refractivity contribution < 1.29 is 19.1 Å². The lowest BCUT2D eigenvalue weighted by atomic mass is 9.78. The summed E-state index contributed by atoms with van der Waals surface area (Å²) in [6.07, 6.45) is 20.4. The molecular formula is C29H40O4. The van der Waals surface area contributed by atoms with Gasteiger partial charge in [-0.3, -0.25) is 9.59 Å². The molecule has 6 unspecified atom stereocenters. The quantitative estimate of drug-likeness (QED) is 0.388. The van der Waals surface area contributed by atoms with Crippen molar-refractivity contribution in [3.63, 3.8) is 0 Å². The molecule has 0 heterocycles. The maximum atomic E-state index is 13.6. The fraction of sp³-hybridized carbons (Fsp3) is 0.655. The molecule has 6 atom stereocenters. The predicted octanol–water partition coefficient (Wildman–Crippen LogP) is 6.63. The van der Waals surface area contributed by atoms with Crippen LogP contribution in [0.4, 0.5) is 0 Å². The van der Waals surface area contributed by atoms with Gasteiger partial charge in [0.15, 0.2) is 0 Å². The molecule has 0 aromatic carbocycles. The van der Waals surface area contributed by atoms with Gasteiger partial charge in [0.25, 0.3) is 0 Å². The van der Waals surface area contributed by atoms with Crippen molar-refractivity contribution in [3.8, 4) is 0 Å². The average Bonchev–Trinajstić information content (AvgIpc) is 3.46. The van der Waals surface area contributed by atoms with Crippen molar-refractivity contribution in [3.05, 3.63) is 47.6 Å². The van der Waals surface area contributed by atoms with Crippen LogP contribution in [0.5, 0.6) is 0 Å². The van der Waals surface area contributed by atoms with Crippen molar-refractivity contribution in [2.24, 2.45) is 23.7 Å². The Morgan fingerprint density at radius 2 is 1.21 bits per heavy atom. The number of fused-ring (bicyclic) bond motifs is 2. The molecule has 0 aromatic rings. The molecule has 4 aliphatic carbocycles. The van der Waals surface area contributed by atoms with Crippen LogP contribution < -0.4 is 0 Å². The van der Waals surface area contributed by atoms with Crippen LogP contribution in [-0.4, -0.2) is 23.1 Å². The number of allylic oxidation sites excluding steroid dienone is 4. The Labute approximate surface area is 199 Å². The first-order chi connectivity index (χ1) is 15.9. The zero-order chi connectivity index (χ0) is 23.6. The third-order valence-electron chi connectivity index (χ3n) is 8.57. The Hall–Kier alpha value is -2.10. The van der Waals surface area contributed by atoms with Gasteiger partial charge in [-0.25, -0.2) is 0 Å². The molecule has 4 heteroatoms. The molecule has 4 rings (SSSR count). The molecule has 2 bridgehead atoms. The van der Waals surface area contributed by atoms with Gasteiger partial charge < -0.3 is 9.47 Å². The van der Waals surface area contributed by atoms with Gasteiger partial charge >= 0.3 is 11.9 Å². The Morgan fingerprint density at radius 1 is 0.788 bits per heavy atom. The number of ether oxygens (including phenoxy) is 2. The van der Waals surface area contributed by atoms with Crippen molar-refractivity contribution in [1.82, 2.24) is 0 Å². The maximum Gasteiger partial charge on any atom is 0.310 e. The molecule has 0 spiro atoms. The van der Waals surface area contributed by atoms with E-state index >= 15 is 0 Å². The van der Waals surface area contributed by atoms with Crippen LogP contribution in [0.25, 0.3) is 0 Å². The Balaban J connectivity index is 1.54. The van der Waals surface area contributed by atoms with Crippen LogP contribution in [0, 0.1) is 23.7 Å². The highest BCUT2D eigenvalue weighted by Crippen LogP contribution is 2.54. The minimum absolute atomic E-state index is 0.202. The second-order valence-electron chi connectivity index (χ2n) is 10.4. The van der Waals surface area contributed by atoms with Crippen molar-refractivity contribution >= 4 is 11.9 Å². The summed E-state index contributed by atoms with van der Waals surface area (Å²) in [7, 11) is 0. The van der Waals surface area contributed by atoms with Crippen LogP contribution in [0.1, 0.15) is 85.5 Å². The average molecular weight is 453 g/mol. The van der Waals surface area contributed by atoms with Crippen LogP contribution in [0.3, 0.4) is 0 Å². The molecule has 0 amide bonds. The Bertz CT molecular complexity index is 821. The molecule has 0 aromatic heterocycles. The summed E-state index contributed by atoms with van der Waals surface area (Å²) in [4.78, 5) is 27.2. The highest BCUT2D eigenvalue weighted by Gasteiger charge is 2.57. The highest BCUT2D eigenvalue weighted by atomic mass is 16.6. The van der Waals surface area contributed by atoms with E-state index in [4.69, 9.17) is 9.47 Å². The van der Waals surface area contributed by atoms with Gasteiger partial charge in [0.05, 0.1) is 11.8 Å². The van der Waals surface area contributed by atoms with E-state index in [1.54, 1.807) is 0 Å². The summed E-state index contributed by atoms with van der Waals surface area (Å²) in [5.74, 6) is -0.709. The smallest absolute Gasteiger partial charge is 0.310 e. The Kier molecular flexibility index (Phi) is 7.02. The molecule has 2 saturated carbocycles. The third kappa shape index (κ3) is 4.63. The molecule has 0 N–H and O–H groups in total. The van der Waals surface area contributed by atoms with Crippen LogP contribution in [0.15, 0.2) is 47.6 Å². The van der Waals surface area contributed by atoms with Crippen LogP contribution in [-0.2, 0) is 19.1 Å². The molecule has 0 aliphatic heterocycles. The minimum atomic E-state index is -0.592. The third-order valence-corrected chi connectivity index (χ3v) is 8.57. The molecule has 33 heavy (non-hydrogen) atoms. The fourth-order valence-electron chi connectivity index (χ4n) is 6.43. The fourth-order valence-corrected chi connectivity index (χ4v) is 6.43. The summed E-state index contributed by atoms with van der Waals surface area (Å²) in [6.45, 7) is 8.38. The van der Waals surface area contributed by atoms with E-state index in [1.165, 1.54) is 11.1 Å². The topological polar surface area (TPSA) is 52.6 Å². The number of carbonyl (C=O) groups is 2. The molecular weight excluding hydrogens is 412 g/mol. The van der Waals surface area contributed by atoms with E-state index < -0.39 is 11.2 Å². The molecule has 180 valence electrons. The normalized spacial score (nSPS) is 37.0. The first kappa shape index (κ1) is 24.0. The number of hydrogen-bond acceptors (Lipinski definition) is 4. The summed E-state index contributed by atoms with van der Waals surface area (Å²) >= 11 is 0. The molecule has 2 fully saturated rings. The van der Waals surface area contributed by atoms with E-state index in [1.807, 2.05) is 0 Å². The maximum absolute atomic E-state index is 13.6. The Morgan fingerprint density at radius 3 is 1.58 bits per heavy atom. The second-order valence-corrected chi connectivity index (χ2v) is 10.4. The largest absolute Gasteiger partial charge is 0.454 e. The van der Waals surface area contributed by atoms with Crippen LogP contribution >= 0.6 is 0 Å². The highest BCUT2D eigenvalue weighted by molar-refractivity contribution is 5.84. The first-order valence-corrected chi connectivity index (χ1v) is 13.1. The predicted molar refractivity (Wildman–Crippen MR) is 130 cm³/mol. The minimum Gasteiger partial charge on any atom is -0.454 e. The van der Waals surface area contributed by atoms with Crippen molar-refractivity contribution in [2.75, 3.05) is 0 Å². The number of esters is 2. The lowest BCUT2D eigenvalue weighted by molar-refractivity contribution is -0.176. The van der Waals surface area contributed by atoms with Gasteiger partial charge in [0.1, 0.15) is 11.2 Å². The van der Waals surface area contributed by atoms with Gasteiger partial charge in [-0.15, -0.1) is 0 Å². The molecule has 4 aliphatic rings. The van der Waals surface area contributed by atoms with Gasteiger partial charge in [-0.05, 0) is 80.1 Å².